The molecule has 0 spiro atoms. The van der Waals surface area contributed by atoms with Crippen LogP contribution in [0.1, 0.15) is 277 Å². The maximum atomic E-state index is 12.4. The van der Waals surface area contributed by atoms with Crippen molar-refractivity contribution in [2.45, 2.75) is 289 Å². The molecule has 6 nitrogen and oxygen atoms in total. The first kappa shape index (κ1) is 60.8. The van der Waals surface area contributed by atoms with E-state index in [0.29, 0.717) is 19.4 Å². The molecule has 2 atom stereocenters. The van der Waals surface area contributed by atoms with E-state index in [9.17, 15) is 19.8 Å². The van der Waals surface area contributed by atoms with Crippen LogP contribution in [0.5, 0.6) is 0 Å². The molecule has 0 aliphatic heterocycles. The summed E-state index contributed by atoms with van der Waals surface area (Å²) in [5.41, 5.74) is 0. The van der Waals surface area contributed by atoms with E-state index in [2.05, 4.69) is 55.6 Å². The Hall–Kier alpha value is -2.18. The monoisotopic (exact) mass is 884 g/mol. The summed E-state index contributed by atoms with van der Waals surface area (Å²) in [6.45, 7) is 4.79. The first-order chi connectivity index (χ1) is 31.0. The van der Waals surface area contributed by atoms with E-state index in [4.69, 9.17) is 4.74 Å². The number of hydrogen-bond donors (Lipinski definition) is 3. The Kier molecular flexibility index (Phi) is 50.6. The van der Waals surface area contributed by atoms with Gasteiger partial charge in [0, 0.05) is 12.8 Å². The van der Waals surface area contributed by atoms with E-state index in [1.165, 1.54) is 167 Å². The second-order valence-electron chi connectivity index (χ2n) is 18.5. The summed E-state index contributed by atoms with van der Waals surface area (Å²) in [6, 6.07) is -0.655. The fraction of sp³-hybridized carbons (Fsp3) is 0.825. The van der Waals surface area contributed by atoms with Crippen molar-refractivity contribution in [1.29, 1.82) is 0 Å². The van der Waals surface area contributed by atoms with Gasteiger partial charge in [-0.15, -0.1) is 0 Å². The maximum absolute atomic E-state index is 12.4. The Bertz CT molecular complexity index is 1070. The lowest BCUT2D eigenvalue weighted by Crippen LogP contribution is -2.45. The van der Waals surface area contributed by atoms with Crippen molar-refractivity contribution >= 4 is 11.9 Å². The molecule has 0 aliphatic carbocycles. The molecule has 0 bridgehead atoms. The highest BCUT2D eigenvalue weighted by Gasteiger charge is 2.18. The standard InChI is InChI=1S/C57H105NO5/c1-3-5-7-9-11-13-15-17-19-21-22-24-25-27-29-33-37-41-45-49-55(60)54(53-59)58-56(61)50-46-42-38-34-31-32-36-40-44-48-52-63-57(62)51-47-43-39-35-30-28-26-23-20-18-16-14-12-10-8-6-4-2/h12,14,18,20,32,36,45,49,54-55,59-60H,3-11,13,15-17,19,21-31,33-35,37-44,46-48,50-53H2,1-2H3,(H,58,61)/b14-12-,20-18-,36-32-,49-45+. The van der Waals surface area contributed by atoms with E-state index < -0.39 is 12.1 Å². The van der Waals surface area contributed by atoms with Crippen molar-refractivity contribution < 1.29 is 24.5 Å². The van der Waals surface area contributed by atoms with E-state index in [1.54, 1.807) is 6.08 Å². The number of carbonyl (C=O) groups excluding carboxylic acids is 2. The number of allylic oxidation sites excluding steroid dienone is 7. The van der Waals surface area contributed by atoms with E-state index in [-0.39, 0.29) is 18.5 Å². The number of hydrogen-bond acceptors (Lipinski definition) is 5. The predicted molar refractivity (Wildman–Crippen MR) is 273 cm³/mol. The van der Waals surface area contributed by atoms with Crippen molar-refractivity contribution in [3.8, 4) is 0 Å². The summed E-state index contributed by atoms with van der Waals surface area (Å²) in [6.07, 6.45) is 65.5. The summed E-state index contributed by atoms with van der Waals surface area (Å²) in [4.78, 5) is 24.5. The molecule has 63 heavy (non-hydrogen) atoms. The third-order valence-corrected chi connectivity index (χ3v) is 12.3. The van der Waals surface area contributed by atoms with Crippen molar-refractivity contribution in [2.75, 3.05) is 13.2 Å². The highest BCUT2D eigenvalue weighted by molar-refractivity contribution is 5.76. The zero-order valence-electron chi connectivity index (χ0n) is 41.8. The van der Waals surface area contributed by atoms with Gasteiger partial charge in [0.15, 0.2) is 0 Å². The van der Waals surface area contributed by atoms with Crippen molar-refractivity contribution in [2.24, 2.45) is 0 Å². The summed E-state index contributed by atoms with van der Waals surface area (Å²) in [5, 5.41) is 23.1. The third kappa shape index (κ3) is 49.1. The van der Waals surface area contributed by atoms with Crippen LogP contribution in [0.3, 0.4) is 0 Å². The molecule has 6 heteroatoms. The van der Waals surface area contributed by atoms with Gasteiger partial charge < -0.3 is 20.3 Å². The average Bonchev–Trinajstić information content (AvgIpc) is 3.28. The molecule has 0 saturated heterocycles. The molecule has 1 amide bonds. The number of rotatable bonds is 50. The van der Waals surface area contributed by atoms with Crippen LogP contribution >= 0.6 is 0 Å². The fourth-order valence-electron chi connectivity index (χ4n) is 8.07. The van der Waals surface area contributed by atoms with Crippen LogP contribution in [-0.2, 0) is 14.3 Å². The van der Waals surface area contributed by atoms with Gasteiger partial charge in [-0.1, -0.05) is 223 Å². The van der Waals surface area contributed by atoms with Gasteiger partial charge in [-0.3, -0.25) is 9.59 Å². The van der Waals surface area contributed by atoms with Gasteiger partial charge in [-0.25, -0.2) is 0 Å². The van der Waals surface area contributed by atoms with Crippen LogP contribution in [0.4, 0.5) is 0 Å². The number of esters is 1. The second kappa shape index (κ2) is 52.4. The lowest BCUT2D eigenvalue weighted by Gasteiger charge is -2.20. The Morgan fingerprint density at radius 2 is 0.794 bits per heavy atom. The topological polar surface area (TPSA) is 95.9 Å². The number of unbranched alkanes of at least 4 members (excludes halogenated alkanes) is 33. The summed E-state index contributed by atoms with van der Waals surface area (Å²) < 4.78 is 5.44. The van der Waals surface area contributed by atoms with Gasteiger partial charge >= 0.3 is 5.97 Å². The van der Waals surface area contributed by atoms with Crippen molar-refractivity contribution in [1.82, 2.24) is 5.32 Å². The Morgan fingerprint density at radius 1 is 0.444 bits per heavy atom. The van der Waals surface area contributed by atoms with Crippen molar-refractivity contribution in [3.63, 3.8) is 0 Å². The number of aliphatic hydroxyl groups is 2. The number of carbonyl (C=O) groups is 2. The second-order valence-corrected chi connectivity index (χ2v) is 18.5. The first-order valence-corrected chi connectivity index (χ1v) is 27.4. The van der Waals surface area contributed by atoms with Gasteiger partial charge in [0.2, 0.25) is 5.91 Å². The quantitative estimate of drug-likeness (QED) is 0.0321. The molecule has 0 heterocycles. The number of amides is 1. The predicted octanol–water partition coefficient (Wildman–Crippen LogP) is 16.6. The van der Waals surface area contributed by atoms with Crippen LogP contribution in [0, 0.1) is 0 Å². The van der Waals surface area contributed by atoms with E-state index in [1.807, 2.05) is 6.08 Å². The average molecular weight is 884 g/mol. The number of nitrogens with one attached hydrogen (secondary N) is 1. The minimum absolute atomic E-state index is 0.0465. The SMILES string of the molecule is CCCCC/C=C\C/C=C\CCCCCCCCCC(=O)OCCCC/C=C\CCCCCCC(=O)NC(CO)C(O)/C=C/CCCCCCCCCCCCCCCCCCC. The normalized spacial score (nSPS) is 13.0. The van der Waals surface area contributed by atoms with Crippen molar-refractivity contribution in [3.05, 3.63) is 48.6 Å². The highest BCUT2D eigenvalue weighted by Crippen LogP contribution is 2.16. The number of aliphatic hydroxyl groups excluding tert-OH is 2. The first-order valence-electron chi connectivity index (χ1n) is 27.4. The summed E-state index contributed by atoms with van der Waals surface area (Å²) in [5.74, 6) is -0.151. The minimum atomic E-state index is -0.868. The molecule has 2 unspecified atom stereocenters. The molecule has 0 aromatic heterocycles. The molecule has 368 valence electrons. The highest BCUT2D eigenvalue weighted by atomic mass is 16.5. The Balaban J connectivity index is 3.57. The van der Waals surface area contributed by atoms with E-state index >= 15 is 0 Å². The van der Waals surface area contributed by atoms with Gasteiger partial charge in [0.1, 0.15) is 0 Å². The Labute approximate surface area is 391 Å². The molecule has 0 fully saturated rings. The molecule has 0 rings (SSSR count). The van der Waals surface area contributed by atoms with Crippen LogP contribution < -0.4 is 5.32 Å². The Morgan fingerprint density at radius 3 is 1.25 bits per heavy atom. The van der Waals surface area contributed by atoms with Crippen LogP contribution in [-0.4, -0.2) is 47.4 Å². The van der Waals surface area contributed by atoms with Gasteiger partial charge in [-0.2, -0.15) is 0 Å². The summed E-state index contributed by atoms with van der Waals surface area (Å²) >= 11 is 0. The maximum Gasteiger partial charge on any atom is 0.305 e. The van der Waals surface area contributed by atoms with Gasteiger partial charge in [0.25, 0.3) is 0 Å². The molecule has 0 aliphatic rings. The third-order valence-electron chi connectivity index (χ3n) is 12.3. The van der Waals surface area contributed by atoms with Gasteiger partial charge in [-0.05, 0) is 89.9 Å². The molecule has 0 radical (unpaired) electrons. The van der Waals surface area contributed by atoms with E-state index in [0.717, 1.165) is 83.5 Å². The zero-order valence-corrected chi connectivity index (χ0v) is 41.8. The molecule has 3 N–H and O–H groups in total. The minimum Gasteiger partial charge on any atom is -0.466 e. The molecular weight excluding hydrogens is 779 g/mol. The van der Waals surface area contributed by atoms with Crippen LogP contribution in [0.2, 0.25) is 0 Å². The molecule has 0 aromatic carbocycles. The smallest absolute Gasteiger partial charge is 0.305 e. The largest absolute Gasteiger partial charge is 0.466 e. The lowest BCUT2D eigenvalue weighted by molar-refractivity contribution is -0.143. The van der Waals surface area contributed by atoms with Crippen LogP contribution in [0.15, 0.2) is 48.6 Å². The van der Waals surface area contributed by atoms with Gasteiger partial charge in [0.05, 0.1) is 25.4 Å². The lowest BCUT2D eigenvalue weighted by atomic mass is 10.0. The number of ether oxygens (including phenoxy) is 1. The molecular formula is C57H105NO5. The molecule has 0 aromatic rings. The van der Waals surface area contributed by atoms with Crippen LogP contribution in [0.25, 0.3) is 0 Å². The molecule has 0 saturated carbocycles. The summed E-state index contributed by atoms with van der Waals surface area (Å²) in [7, 11) is 0. The zero-order chi connectivity index (χ0) is 45.8. The fourth-order valence-corrected chi connectivity index (χ4v) is 8.07.